The standard InChI is InChI=1S/C16H34O2/c1-8-14(17)10-18-12-16(6,7)11-15(4,5)9-13(2)3/h13-14,17H,8-12H2,1-7H3. The van der Waals surface area contributed by atoms with Gasteiger partial charge in [0.25, 0.3) is 0 Å². The maximum atomic E-state index is 9.48. The highest BCUT2D eigenvalue weighted by atomic mass is 16.5. The Balaban J connectivity index is 4.12. The summed E-state index contributed by atoms with van der Waals surface area (Å²) in [7, 11) is 0. The van der Waals surface area contributed by atoms with E-state index in [1.54, 1.807) is 0 Å². The van der Waals surface area contributed by atoms with Crippen molar-refractivity contribution in [2.24, 2.45) is 16.7 Å². The van der Waals surface area contributed by atoms with Crippen molar-refractivity contribution in [3.63, 3.8) is 0 Å². The van der Waals surface area contributed by atoms with Crippen molar-refractivity contribution in [3.05, 3.63) is 0 Å². The molecule has 0 radical (unpaired) electrons. The zero-order chi connectivity index (χ0) is 14.4. The number of hydrogen-bond donors (Lipinski definition) is 1. The fourth-order valence-corrected chi connectivity index (χ4v) is 3.11. The van der Waals surface area contributed by atoms with Crippen molar-refractivity contribution in [2.45, 2.75) is 73.8 Å². The summed E-state index contributed by atoms with van der Waals surface area (Å²) in [4.78, 5) is 0. The van der Waals surface area contributed by atoms with E-state index in [0.29, 0.717) is 12.0 Å². The van der Waals surface area contributed by atoms with E-state index in [1.807, 2.05) is 6.92 Å². The van der Waals surface area contributed by atoms with Crippen LogP contribution in [0.4, 0.5) is 0 Å². The van der Waals surface area contributed by atoms with Crippen LogP contribution < -0.4 is 0 Å². The molecule has 110 valence electrons. The third-order valence-electron chi connectivity index (χ3n) is 3.19. The smallest absolute Gasteiger partial charge is 0.0771 e. The molecule has 0 bridgehead atoms. The molecule has 0 aromatic heterocycles. The van der Waals surface area contributed by atoms with Crippen molar-refractivity contribution in [1.29, 1.82) is 0 Å². The molecule has 0 spiro atoms. The van der Waals surface area contributed by atoms with Gasteiger partial charge in [-0.2, -0.15) is 0 Å². The van der Waals surface area contributed by atoms with Crippen LogP contribution in [-0.2, 0) is 4.74 Å². The third kappa shape index (κ3) is 8.93. The van der Waals surface area contributed by atoms with Crippen LogP contribution in [0.2, 0.25) is 0 Å². The van der Waals surface area contributed by atoms with Gasteiger partial charge >= 0.3 is 0 Å². The molecule has 0 aromatic rings. The predicted octanol–water partition coefficient (Wildman–Crippen LogP) is 4.26. The highest BCUT2D eigenvalue weighted by Gasteiger charge is 2.29. The third-order valence-corrected chi connectivity index (χ3v) is 3.19. The molecule has 1 N–H and O–H groups in total. The molecule has 0 saturated carbocycles. The summed E-state index contributed by atoms with van der Waals surface area (Å²) in [6.07, 6.45) is 2.85. The molecule has 18 heavy (non-hydrogen) atoms. The molecular weight excluding hydrogens is 224 g/mol. The first kappa shape index (κ1) is 17.9. The maximum absolute atomic E-state index is 9.48. The Morgan fingerprint density at radius 1 is 1.06 bits per heavy atom. The second-order valence-corrected chi connectivity index (χ2v) is 7.68. The van der Waals surface area contributed by atoms with E-state index < -0.39 is 0 Å². The first-order chi connectivity index (χ1) is 8.08. The van der Waals surface area contributed by atoms with Gasteiger partial charge in [-0.05, 0) is 36.0 Å². The number of aliphatic hydroxyl groups excluding tert-OH is 1. The zero-order valence-corrected chi connectivity index (χ0v) is 13.5. The maximum Gasteiger partial charge on any atom is 0.0771 e. The van der Waals surface area contributed by atoms with E-state index in [1.165, 1.54) is 6.42 Å². The molecule has 0 aliphatic carbocycles. The van der Waals surface area contributed by atoms with Crippen molar-refractivity contribution in [1.82, 2.24) is 0 Å². The average molecular weight is 258 g/mol. The Morgan fingerprint density at radius 3 is 2.06 bits per heavy atom. The van der Waals surface area contributed by atoms with Gasteiger partial charge in [-0.15, -0.1) is 0 Å². The van der Waals surface area contributed by atoms with Gasteiger partial charge in [-0.25, -0.2) is 0 Å². The van der Waals surface area contributed by atoms with Crippen molar-refractivity contribution < 1.29 is 9.84 Å². The monoisotopic (exact) mass is 258 g/mol. The first-order valence-corrected chi connectivity index (χ1v) is 7.34. The van der Waals surface area contributed by atoms with Crippen LogP contribution in [0.1, 0.15) is 67.7 Å². The van der Waals surface area contributed by atoms with E-state index in [9.17, 15) is 5.11 Å². The lowest BCUT2D eigenvalue weighted by atomic mass is 9.72. The molecule has 1 atom stereocenters. The molecule has 0 heterocycles. The summed E-state index contributed by atoms with van der Waals surface area (Å²) >= 11 is 0. The van der Waals surface area contributed by atoms with Gasteiger partial charge < -0.3 is 9.84 Å². The SMILES string of the molecule is CCC(O)COCC(C)(C)CC(C)(C)CC(C)C. The molecule has 0 saturated heterocycles. The van der Waals surface area contributed by atoms with E-state index in [0.717, 1.165) is 25.4 Å². The highest BCUT2D eigenvalue weighted by Crippen LogP contribution is 2.38. The van der Waals surface area contributed by atoms with Gasteiger partial charge in [-0.3, -0.25) is 0 Å². The van der Waals surface area contributed by atoms with Gasteiger partial charge in [0.1, 0.15) is 0 Å². The van der Waals surface area contributed by atoms with Crippen LogP contribution in [0.5, 0.6) is 0 Å². The normalized spacial score (nSPS) is 15.2. The molecule has 0 rings (SSSR count). The molecule has 0 fully saturated rings. The van der Waals surface area contributed by atoms with Crippen molar-refractivity contribution in [3.8, 4) is 0 Å². The van der Waals surface area contributed by atoms with Crippen LogP contribution in [-0.4, -0.2) is 24.4 Å². The van der Waals surface area contributed by atoms with Gasteiger partial charge in [0.05, 0.1) is 19.3 Å². The molecule has 2 heteroatoms. The minimum atomic E-state index is -0.315. The largest absolute Gasteiger partial charge is 0.391 e. The Morgan fingerprint density at radius 2 is 1.61 bits per heavy atom. The Labute approximate surface area is 114 Å². The van der Waals surface area contributed by atoms with Gasteiger partial charge in [0.2, 0.25) is 0 Å². The van der Waals surface area contributed by atoms with E-state index in [4.69, 9.17) is 4.74 Å². The van der Waals surface area contributed by atoms with Crippen molar-refractivity contribution in [2.75, 3.05) is 13.2 Å². The number of ether oxygens (including phenoxy) is 1. The van der Waals surface area contributed by atoms with Crippen LogP contribution in [0.15, 0.2) is 0 Å². The van der Waals surface area contributed by atoms with Gasteiger partial charge in [-0.1, -0.05) is 48.5 Å². The van der Waals surface area contributed by atoms with Crippen molar-refractivity contribution >= 4 is 0 Å². The summed E-state index contributed by atoms with van der Waals surface area (Å²) in [5, 5.41) is 9.48. The topological polar surface area (TPSA) is 29.5 Å². The molecule has 0 aliphatic rings. The minimum absolute atomic E-state index is 0.172. The van der Waals surface area contributed by atoms with Crippen LogP contribution in [0.25, 0.3) is 0 Å². The lowest BCUT2D eigenvalue weighted by Crippen LogP contribution is -2.29. The fourth-order valence-electron chi connectivity index (χ4n) is 3.11. The van der Waals surface area contributed by atoms with Crippen LogP contribution >= 0.6 is 0 Å². The Kier molecular flexibility index (Phi) is 7.46. The minimum Gasteiger partial charge on any atom is -0.391 e. The molecular formula is C16H34O2. The molecule has 0 aromatic carbocycles. The number of aliphatic hydroxyl groups is 1. The number of hydrogen-bond acceptors (Lipinski definition) is 2. The summed E-state index contributed by atoms with van der Waals surface area (Å²) in [6.45, 7) is 16.9. The molecule has 0 aliphatic heterocycles. The van der Waals surface area contributed by atoms with E-state index in [2.05, 4.69) is 41.5 Å². The van der Waals surface area contributed by atoms with E-state index in [-0.39, 0.29) is 11.5 Å². The Bertz CT molecular complexity index is 219. The zero-order valence-electron chi connectivity index (χ0n) is 13.5. The average Bonchev–Trinajstić information content (AvgIpc) is 2.12. The second kappa shape index (κ2) is 7.49. The first-order valence-electron chi connectivity index (χ1n) is 7.34. The van der Waals surface area contributed by atoms with Gasteiger partial charge in [0.15, 0.2) is 0 Å². The molecule has 1 unspecified atom stereocenters. The Hall–Kier alpha value is -0.0800. The van der Waals surface area contributed by atoms with Crippen LogP contribution in [0, 0.1) is 16.7 Å². The molecule has 0 amide bonds. The lowest BCUT2D eigenvalue weighted by Gasteiger charge is -2.36. The summed E-state index contributed by atoms with van der Waals surface area (Å²) < 4.78 is 5.65. The summed E-state index contributed by atoms with van der Waals surface area (Å²) in [5.74, 6) is 0.735. The lowest BCUT2D eigenvalue weighted by molar-refractivity contribution is -0.0124. The predicted molar refractivity (Wildman–Crippen MR) is 78.8 cm³/mol. The van der Waals surface area contributed by atoms with Crippen LogP contribution in [0.3, 0.4) is 0 Å². The van der Waals surface area contributed by atoms with E-state index >= 15 is 0 Å². The summed E-state index contributed by atoms with van der Waals surface area (Å²) in [6, 6.07) is 0. The second-order valence-electron chi connectivity index (χ2n) is 7.68. The summed E-state index contributed by atoms with van der Waals surface area (Å²) in [5.41, 5.74) is 0.524. The molecule has 2 nitrogen and oxygen atoms in total. The van der Waals surface area contributed by atoms with Gasteiger partial charge in [0, 0.05) is 0 Å². The number of rotatable bonds is 9. The highest BCUT2D eigenvalue weighted by molar-refractivity contribution is 4.80. The quantitative estimate of drug-likeness (QED) is 0.669. The fraction of sp³-hybridized carbons (Fsp3) is 1.00.